The second-order valence-corrected chi connectivity index (χ2v) is 4.61. The van der Waals surface area contributed by atoms with E-state index in [-0.39, 0.29) is 5.91 Å². The van der Waals surface area contributed by atoms with Gasteiger partial charge in [-0.05, 0) is 36.4 Å². The molecule has 0 heterocycles. The van der Waals surface area contributed by atoms with Crippen LogP contribution in [0.2, 0.25) is 0 Å². The Hall–Kier alpha value is -1.88. The van der Waals surface area contributed by atoms with Gasteiger partial charge in [0, 0.05) is 15.8 Å². The number of nitrogens with two attached hydrogens (primary N) is 1. The van der Waals surface area contributed by atoms with E-state index in [2.05, 4.69) is 21.2 Å². The number of hydrogen-bond acceptors (Lipinski definition) is 2. The highest BCUT2D eigenvalue weighted by Crippen LogP contribution is 2.20. The number of rotatable bonds is 2. The average Bonchev–Trinajstić information content (AvgIpc) is 2.32. The van der Waals surface area contributed by atoms with Crippen LogP contribution in [0, 0.1) is 5.82 Å². The second kappa shape index (κ2) is 5.18. The van der Waals surface area contributed by atoms with Gasteiger partial charge in [-0.3, -0.25) is 4.79 Å². The van der Waals surface area contributed by atoms with Crippen LogP contribution in [0.1, 0.15) is 10.4 Å². The first-order valence-corrected chi connectivity index (χ1v) is 5.97. The minimum atomic E-state index is -0.407. The van der Waals surface area contributed by atoms with Crippen LogP contribution in [0.4, 0.5) is 15.8 Å². The minimum absolute atomic E-state index is 0.341. The normalized spacial score (nSPS) is 10.1. The van der Waals surface area contributed by atoms with Gasteiger partial charge in [0.2, 0.25) is 0 Å². The zero-order valence-electron chi connectivity index (χ0n) is 9.28. The van der Waals surface area contributed by atoms with Crippen LogP contribution in [0.15, 0.2) is 46.9 Å². The van der Waals surface area contributed by atoms with Crippen LogP contribution in [0.3, 0.4) is 0 Å². The number of nitrogen functional groups attached to an aromatic ring is 1. The number of halogens is 2. The van der Waals surface area contributed by atoms with Crippen LogP contribution in [0.25, 0.3) is 0 Å². The third kappa shape index (κ3) is 2.87. The Labute approximate surface area is 112 Å². The summed E-state index contributed by atoms with van der Waals surface area (Å²) in [4.78, 5) is 12.0. The van der Waals surface area contributed by atoms with Gasteiger partial charge in [0.25, 0.3) is 5.91 Å². The fourth-order valence-corrected chi connectivity index (χ4v) is 1.85. The lowest BCUT2D eigenvalue weighted by Gasteiger charge is -2.08. The lowest BCUT2D eigenvalue weighted by Crippen LogP contribution is -2.14. The van der Waals surface area contributed by atoms with Gasteiger partial charge in [-0.15, -0.1) is 0 Å². The molecule has 0 bridgehead atoms. The zero-order valence-corrected chi connectivity index (χ0v) is 10.9. The minimum Gasteiger partial charge on any atom is -0.398 e. The quantitative estimate of drug-likeness (QED) is 0.835. The highest BCUT2D eigenvalue weighted by atomic mass is 79.9. The first kappa shape index (κ1) is 12.6. The zero-order chi connectivity index (χ0) is 13.1. The topological polar surface area (TPSA) is 55.1 Å². The molecule has 0 atom stereocenters. The molecule has 0 saturated heterocycles. The van der Waals surface area contributed by atoms with Crippen molar-refractivity contribution < 1.29 is 9.18 Å². The molecular formula is C13H10BrFN2O. The molecule has 2 aromatic rings. The average molecular weight is 309 g/mol. The number of benzene rings is 2. The Morgan fingerprint density at radius 2 is 2.00 bits per heavy atom. The Bertz CT molecular complexity index is 601. The number of nitrogens with one attached hydrogen (secondary N) is 1. The van der Waals surface area contributed by atoms with E-state index in [4.69, 9.17) is 5.73 Å². The van der Waals surface area contributed by atoms with Crippen LogP contribution >= 0.6 is 15.9 Å². The molecule has 0 fully saturated rings. The summed E-state index contributed by atoms with van der Waals surface area (Å²) in [6.07, 6.45) is 0. The van der Waals surface area contributed by atoms with Crippen molar-refractivity contribution in [2.24, 2.45) is 0 Å². The molecule has 0 radical (unpaired) electrons. The molecule has 0 spiro atoms. The van der Waals surface area contributed by atoms with Gasteiger partial charge in [-0.2, -0.15) is 0 Å². The van der Waals surface area contributed by atoms with E-state index < -0.39 is 5.82 Å². The van der Waals surface area contributed by atoms with Gasteiger partial charge in [0.15, 0.2) is 0 Å². The van der Waals surface area contributed by atoms with Crippen molar-refractivity contribution in [1.82, 2.24) is 0 Å². The Kier molecular flexibility index (Phi) is 3.62. The van der Waals surface area contributed by atoms with Gasteiger partial charge >= 0.3 is 0 Å². The molecule has 92 valence electrons. The highest BCUT2D eigenvalue weighted by molar-refractivity contribution is 9.10. The maximum atomic E-state index is 13.0. The Morgan fingerprint density at radius 1 is 1.22 bits per heavy atom. The molecule has 2 rings (SSSR count). The molecule has 0 aliphatic heterocycles. The van der Waals surface area contributed by atoms with E-state index in [0.717, 1.165) is 4.47 Å². The second-order valence-electron chi connectivity index (χ2n) is 3.70. The van der Waals surface area contributed by atoms with E-state index in [1.54, 1.807) is 24.3 Å². The molecule has 0 aliphatic carbocycles. The van der Waals surface area contributed by atoms with E-state index in [1.807, 2.05) is 0 Å². The smallest absolute Gasteiger partial charge is 0.257 e. The molecule has 0 unspecified atom stereocenters. The van der Waals surface area contributed by atoms with Gasteiger partial charge in [0.05, 0.1) is 5.56 Å². The summed E-state index contributed by atoms with van der Waals surface area (Å²) in [6.45, 7) is 0. The van der Waals surface area contributed by atoms with Gasteiger partial charge in [-0.1, -0.05) is 22.0 Å². The number of carbonyl (C=O) groups excluding carboxylic acids is 1. The number of amides is 1. The number of hydrogen-bond donors (Lipinski definition) is 2. The Morgan fingerprint density at radius 3 is 2.72 bits per heavy atom. The molecule has 3 nitrogen and oxygen atoms in total. The Balaban J connectivity index is 2.24. The molecule has 3 N–H and O–H groups in total. The SMILES string of the molecule is Nc1ccc(Br)cc1C(=O)Nc1cccc(F)c1. The van der Waals surface area contributed by atoms with Gasteiger partial charge in [-0.25, -0.2) is 4.39 Å². The fraction of sp³-hybridized carbons (Fsp3) is 0. The summed E-state index contributed by atoms with van der Waals surface area (Å²) in [5.74, 6) is -0.783. The summed E-state index contributed by atoms with van der Waals surface area (Å²) in [5.41, 5.74) is 6.82. The summed E-state index contributed by atoms with van der Waals surface area (Å²) < 4.78 is 13.7. The summed E-state index contributed by atoms with van der Waals surface area (Å²) in [5, 5.41) is 2.59. The van der Waals surface area contributed by atoms with E-state index in [0.29, 0.717) is 16.9 Å². The van der Waals surface area contributed by atoms with E-state index in [1.165, 1.54) is 18.2 Å². The first-order chi connectivity index (χ1) is 8.56. The summed E-state index contributed by atoms with van der Waals surface area (Å²) >= 11 is 3.27. The van der Waals surface area contributed by atoms with Crippen molar-refractivity contribution in [3.05, 3.63) is 58.3 Å². The van der Waals surface area contributed by atoms with Crippen LogP contribution in [-0.4, -0.2) is 5.91 Å². The summed E-state index contributed by atoms with van der Waals surface area (Å²) in [7, 11) is 0. The molecule has 1 amide bonds. The lowest BCUT2D eigenvalue weighted by molar-refractivity contribution is 0.102. The number of carbonyl (C=O) groups is 1. The first-order valence-electron chi connectivity index (χ1n) is 5.18. The maximum absolute atomic E-state index is 13.0. The highest BCUT2D eigenvalue weighted by Gasteiger charge is 2.10. The largest absolute Gasteiger partial charge is 0.398 e. The third-order valence-corrected chi connectivity index (χ3v) is 2.84. The molecule has 18 heavy (non-hydrogen) atoms. The monoisotopic (exact) mass is 308 g/mol. The summed E-state index contributed by atoms with van der Waals surface area (Å²) in [6, 6.07) is 10.7. The molecule has 0 aliphatic rings. The predicted octanol–water partition coefficient (Wildman–Crippen LogP) is 3.42. The predicted molar refractivity (Wildman–Crippen MR) is 72.9 cm³/mol. The van der Waals surface area contributed by atoms with Crippen LogP contribution in [0.5, 0.6) is 0 Å². The van der Waals surface area contributed by atoms with Crippen LogP contribution < -0.4 is 11.1 Å². The standard InChI is InChI=1S/C13H10BrFN2O/c14-8-4-5-12(16)11(6-8)13(18)17-10-3-1-2-9(15)7-10/h1-7H,16H2,(H,17,18). The van der Waals surface area contributed by atoms with Gasteiger partial charge in [0.1, 0.15) is 5.82 Å². The van der Waals surface area contributed by atoms with Crippen molar-refractivity contribution in [3.8, 4) is 0 Å². The van der Waals surface area contributed by atoms with Crippen LogP contribution in [-0.2, 0) is 0 Å². The van der Waals surface area contributed by atoms with Crippen molar-refractivity contribution in [3.63, 3.8) is 0 Å². The molecule has 0 saturated carbocycles. The molecule has 0 aromatic heterocycles. The van der Waals surface area contributed by atoms with E-state index in [9.17, 15) is 9.18 Å². The molecular weight excluding hydrogens is 299 g/mol. The van der Waals surface area contributed by atoms with Crippen molar-refractivity contribution in [2.45, 2.75) is 0 Å². The molecule has 5 heteroatoms. The van der Waals surface area contributed by atoms with Crippen molar-refractivity contribution >= 4 is 33.2 Å². The van der Waals surface area contributed by atoms with Crippen molar-refractivity contribution in [1.29, 1.82) is 0 Å². The fourth-order valence-electron chi connectivity index (χ4n) is 1.49. The number of anilines is 2. The lowest BCUT2D eigenvalue weighted by atomic mass is 10.1. The maximum Gasteiger partial charge on any atom is 0.257 e. The van der Waals surface area contributed by atoms with E-state index >= 15 is 0 Å². The van der Waals surface area contributed by atoms with Gasteiger partial charge < -0.3 is 11.1 Å². The van der Waals surface area contributed by atoms with Crippen molar-refractivity contribution in [2.75, 3.05) is 11.1 Å². The molecule has 2 aromatic carbocycles. The third-order valence-electron chi connectivity index (χ3n) is 2.34.